The minimum Gasteiger partial charge on any atom is -0.313 e. The van der Waals surface area contributed by atoms with Gasteiger partial charge in [-0.05, 0) is 32.2 Å². The van der Waals surface area contributed by atoms with Crippen LogP contribution < -0.4 is 5.32 Å². The molecule has 2 aromatic rings. The molecule has 0 spiro atoms. The van der Waals surface area contributed by atoms with Crippen molar-refractivity contribution in [2.75, 3.05) is 7.05 Å². The summed E-state index contributed by atoms with van der Waals surface area (Å²) in [7, 11) is 2.01. The summed E-state index contributed by atoms with van der Waals surface area (Å²) in [5.74, 6) is 0.759. The van der Waals surface area contributed by atoms with Crippen LogP contribution in [-0.2, 0) is 6.42 Å². The van der Waals surface area contributed by atoms with E-state index in [0.717, 1.165) is 29.4 Å². The Hall–Kier alpha value is -1.33. The fraction of sp³-hybridized carbons (Fsp3) is 0.533. The number of nitrogens with zero attached hydrogens (tertiary/aromatic N) is 3. The Balaban J connectivity index is 2.04. The van der Waals surface area contributed by atoms with Crippen molar-refractivity contribution >= 4 is 11.3 Å². The highest BCUT2D eigenvalue weighted by atomic mass is 32.1. The molecule has 0 saturated carbocycles. The van der Waals surface area contributed by atoms with Crippen LogP contribution in [0.1, 0.15) is 43.3 Å². The smallest absolute Gasteiger partial charge is 0.188 e. The van der Waals surface area contributed by atoms with E-state index in [1.807, 2.05) is 25.5 Å². The molecule has 0 radical (unpaired) electrons. The second-order valence-corrected chi connectivity index (χ2v) is 7.13. The highest BCUT2D eigenvalue weighted by Crippen LogP contribution is 2.40. The van der Waals surface area contributed by atoms with Gasteiger partial charge in [0, 0.05) is 34.6 Å². The SMILES string of the molecule is CNC1CC(C)(C)Cc2nc(-c3nc(C)cs3)ncc21. The van der Waals surface area contributed by atoms with Crippen LogP contribution >= 0.6 is 11.3 Å². The van der Waals surface area contributed by atoms with Crippen LogP contribution in [-0.4, -0.2) is 22.0 Å². The predicted octanol–water partition coefficient (Wildman–Crippen LogP) is 3.14. The van der Waals surface area contributed by atoms with Crippen molar-refractivity contribution in [2.24, 2.45) is 5.41 Å². The molecule has 0 bridgehead atoms. The van der Waals surface area contributed by atoms with Gasteiger partial charge in [0.1, 0.15) is 0 Å². The maximum atomic E-state index is 4.79. The molecule has 20 heavy (non-hydrogen) atoms. The average Bonchev–Trinajstić information content (AvgIpc) is 2.82. The maximum Gasteiger partial charge on any atom is 0.188 e. The van der Waals surface area contributed by atoms with E-state index in [4.69, 9.17) is 4.98 Å². The summed E-state index contributed by atoms with van der Waals surface area (Å²) < 4.78 is 0. The lowest BCUT2D eigenvalue weighted by molar-refractivity contribution is 0.260. The molecule has 0 fully saturated rings. The largest absolute Gasteiger partial charge is 0.313 e. The molecule has 2 aromatic heterocycles. The van der Waals surface area contributed by atoms with Crippen molar-refractivity contribution in [3.63, 3.8) is 0 Å². The summed E-state index contributed by atoms with van der Waals surface area (Å²) in [6, 6.07) is 0.348. The third-order valence-electron chi connectivity index (χ3n) is 3.84. The van der Waals surface area contributed by atoms with Crippen molar-refractivity contribution in [3.05, 3.63) is 28.5 Å². The van der Waals surface area contributed by atoms with Crippen molar-refractivity contribution in [2.45, 2.75) is 39.7 Å². The molecule has 1 atom stereocenters. The van der Waals surface area contributed by atoms with Crippen LogP contribution in [0, 0.1) is 12.3 Å². The highest BCUT2D eigenvalue weighted by molar-refractivity contribution is 7.13. The summed E-state index contributed by atoms with van der Waals surface area (Å²) in [6.45, 7) is 6.60. The van der Waals surface area contributed by atoms with E-state index in [2.05, 4.69) is 29.1 Å². The van der Waals surface area contributed by atoms with Gasteiger partial charge in [-0.25, -0.2) is 15.0 Å². The molecular weight excluding hydrogens is 268 g/mol. The number of hydrogen-bond acceptors (Lipinski definition) is 5. The van der Waals surface area contributed by atoms with Crippen molar-refractivity contribution in [1.82, 2.24) is 20.3 Å². The fourth-order valence-electron chi connectivity index (χ4n) is 2.86. The molecule has 4 nitrogen and oxygen atoms in total. The number of aryl methyl sites for hydroxylation is 1. The Morgan fingerprint density at radius 3 is 2.80 bits per heavy atom. The van der Waals surface area contributed by atoms with Gasteiger partial charge in [0.2, 0.25) is 0 Å². The average molecular weight is 288 g/mol. The molecule has 3 rings (SSSR count). The zero-order chi connectivity index (χ0) is 14.3. The zero-order valence-corrected chi connectivity index (χ0v) is 13.2. The summed E-state index contributed by atoms with van der Waals surface area (Å²) in [6.07, 6.45) is 4.10. The van der Waals surface area contributed by atoms with Gasteiger partial charge in [-0.1, -0.05) is 13.8 Å². The van der Waals surface area contributed by atoms with Gasteiger partial charge in [0.15, 0.2) is 10.8 Å². The van der Waals surface area contributed by atoms with Gasteiger partial charge >= 0.3 is 0 Å². The van der Waals surface area contributed by atoms with Gasteiger partial charge in [0.05, 0.1) is 0 Å². The van der Waals surface area contributed by atoms with E-state index in [1.165, 1.54) is 11.3 Å². The molecule has 1 aliphatic rings. The van der Waals surface area contributed by atoms with Crippen molar-refractivity contribution in [3.8, 4) is 10.8 Å². The maximum absolute atomic E-state index is 4.79. The first-order chi connectivity index (χ1) is 9.48. The minimum absolute atomic E-state index is 0.269. The monoisotopic (exact) mass is 288 g/mol. The van der Waals surface area contributed by atoms with E-state index < -0.39 is 0 Å². The zero-order valence-electron chi connectivity index (χ0n) is 12.4. The van der Waals surface area contributed by atoms with E-state index in [0.29, 0.717) is 6.04 Å². The summed E-state index contributed by atoms with van der Waals surface area (Å²) in [5, 5.41) is 6.34. The fourth-order valence-corrected chi connectivity index (χ4v) is 3.60. The summed E-state index contributed by atoms with van der Waals surface area (Å²) in [4.78, 5) is 13.8. The van der Waals surface area contributed by atoms with Crippen LogP contribution in [0.5, 0.6) is 0 Å². The third-order valence-corrected chi connectivity index (χ3v) is 4.79. The second-order valence-electron chi connectivity index (χ2n) is 6.28. The molecule has 2 heterocycles. The number of rotatable bonds is 2. The van der Waals surface area contributed by atoms with Gasteiger partial charge in [-0.15, -0.1) is 11.3 Å². The lowest BCUT2D eigenvalue weighted by Gasteiger charge is -2.36. The molecule has 1 N–H and O–H groups in total. The molecule has 0 aromatic carbocycles. The minimum atomic E-state index is 0.269. The standard InChI is InChI=1S/C15H20N4S/c1-9-8-20-14(18-9)13-17-7-10-11(16-4)5-15(2,3)6-12(10)19-13/h7-8,11,16H,5-6H2,1-4H3. The van der Waals surface area contributed by atoms with Crippen LogP contribution in [0.2, 0.25) is 0 Å². The van der Waals surface area contributed by atoms with E-state index in [1.54, 1.807) is 11.3 Å². The van der Waals surface area contributed by atoms with Gasteiger partial charge < -0.3 is 5.32 Å². The molecule has 1 unspecified atom stereocenters. The topological polar surface area (TPSA) is 50.7 Å². The molecule has 0 saturated heterocycles. The van der Waals surface area contributed by atoms with E-state index in [9.17, 15) is 0 Å². The van der Waals surface area contributed by atoms with E-state index >= 15 is 0 Å². The Morgan fingerprint density at radius 1 is 1.35 bits per heavy atom. The van der Waals surface area contributed by atoms with Crippen LogP contribution in [0.3, 0.4) is 0 Å². The second kappa shape index (κ2) is 4.90. The molecule has 1 aliphatic carbocycles. The number of fused-ring (bicyclic) bond motifs is 1. The first-order valence-electron chi connectivity index (χ1n) is 6.94. The summed E-state index contributed by atoms with van der Waals surface area (Å²) >= 11 is 1.61. The van der Waals surface area contributed by atoms with Crippen molar-refractivity contribution < 1.29 is 0 Å². The van der Waals surface area contributed by atoms with Crippen LogP contribution in [0.4, 0.5) is 0 Å². The quantitative estimate of drug-likeness (QED) is 0.922. The first kappa shape index (κ1) is 13.6. The molecule has 0 aliphatic heterocycles. The Morgan fingerprint density at radius 2 is 2.15 bits per heavy atom. The molecule has 106 valence electrons. The van der Waals surface area contributed by atoms with Crippen LogP contribution in [0.25, 0.3) is 10.8 Å². The number of hydrogen-bond donors (Lipinski definition) is 1. The Bertz CT molecular complexity index is 633. The van der Waals surface area contributed by atoms with Crippen LogP contribution in [0.15, 0.2) is 11.6 Å². The predicted molar refractivity (Wildman–Crippen MR) is 81.8 cm³/mol. The number of nitrogens with one attached hydrogen (secondary N) is 1. The van der Waals surface area contributed by atoms with Crippen molar-refractivity contribution in [1.29, 1.82) is 0 Å². The molecular formula is C15H20N4S. The number of aromatic nitrogens is 3. The molecule has 0 amide bonds. The van der Waals surface area contributed by atoms with Gasteiger partial charge in [-0.3, -0.25) is 0 Å². The highest BCUT2D eigenvalue weighted by Gasteiger charge is 2.33. The third kappa shape index (κ3) is 2.47. The normalized spacial score (nSPS) is 20.7. The Kier molecular flexibility index (Phi) is 3.34. The van der Waals surface area contributed by atoms with E-state index in [-0.39, 0.29) is 5.41 Å². The van der Waals surface area contributed by atoms with Gasteiger partial charge in [0.25, 0.3) is 0 Å². The first-order valence-corrected chi connectivity index (χ1v) is 7.82. The number of thiazole rings is 1. The molecule has 5 heteroatoms. The van der Waals surface area contributed by atoms with Gasteiger partial charge in [-0.2, -0.15) is 0 Å². The lowest BCUT2D eigenvalue weighted by atomic mass is 9.74. The summed E-state index contributed by atoms with van der Waals surface area (Å²) in [5.41, 5.74) is 3.70. The lowest BCUT2D eigenvalue weighted by Crippen LogP contribution is -2.32. The Labute approximate surface area is 123 Å².